The SMILES string of the molecule is CCNC(C)c1ccc(F)c(-c2sccc2C)c1. The molecule has 1 aromatic heterocycles. The Balaban J connectivity index is 2.42. The van der Waals surface area contributed by atoms with Gasteiger partial charge in [0.2, 0.25) is 0 Å². The predicted octanol–water partition coefficient (Wildman–Crippen LogP) is 4.53. The maximum Gasteiger partial charge on any atom is 0.131 e. The van der Waals surface area contributed by atoms with Gasteiger partial charge in [0.05, 0.1) is 0 Å². The number of aryl methyl sites for hydroxylation is 1. The lowest BCUT2D eigenvalue weighted by atomic mass is 10.0. The number of nitrogens with one attached hydrogen (secondary N) is 1. The Kier molecular flexibility index (Phi) is 4.15. The van der Waals surface area contributed by atoms with E-state index in [1.807, 2.05) is 30.5 Å². The maximum atomic E-state index is 13.9. The third-order valence-electron chi connectivity index (χ3n) is 3.11. The van der Waals surface area contributed by atoms with E-state index in [1.165, 1.54) is 0 Å². The van der Waals surface area contributed by atoms with E-state index in [-0.39, 0.29) is 11.9 Å². The summed E-state index contributed by atoms with van der Waals surface area (Å²) in [5, 5.41) is 5.35. The molecule has 2 aromatic rings. The third kappa shape index (κ3) is 2.62. The van der Waals surface area contributed by atoms with Crippen LogP contribution in [-0.2, 0) is 0 Å². The smallest absolute Gasteiger partial charge is 0.131 e. The summed E-state index contributed by atoms with van der Waals surface area (Å²) >= 11 is 1.59. The average Bonchev–Trinajstić information content (AvgIpc) is 2.76. The van der Waals surface area contributed by atoms with Gasteiger partial charge in [-0.1, -0.05) is 13.0 Å². The van der Waals surface area contributed by atoms with Crippen LogP contribution in [0.15, 0.2) is 29.6 Å². The van der Waals surface area contributed by atoms with E-state index in [4.69, 9.17) is 0 Å². The Labute approximate surface area is 112 Å². The molecule has 0 fully saturated rings. The Morgan fingerprint density at radius 1 is 1.33 bits per heavy atom. The molecule has 0 amide bonds. The lowest BCUT2D eigenvalue weighted by Crippen LogP contribution is -2.17. The molecule has 3 heteroatoms. The topological polar surface area (TPSA) is 12.0 Å². The Bertz CT molecular complexity index is 533. The normalized spacial score (nSPS) is 12.7. The highest BCUT2D eigenvalue weighted by Gasteiger charge is 2.12. The molecule has 0 aliphatic heterocycles. The minimum atomic E-state index is -0.145. The lowest BCUT2D eigenvalue weighted by molar-refractivity contribution is 0.593. The van der Waals surface area contributed by atoms with Gasteiger partial charge in [-0.25, -0.2) is 4.39 Å². The summed E-state index contributed by atoms with van der Waals surface area (Å²) in [6.45, 7) is 7.10. The molecule has 0 saturated heterocycles. The predicted molar refractivity (Wildman–Crippen MR) is 76.5 cm³/mol. The summed E-state index contributed by atoms with van der Waals surface area (Å²) < 4.78 is 13.9. The van der Waals surface area contributed by atoms with Crippen LogP contribution < -0.4 is 5.32 Å². The Morgan fingerprint density at radius 2 is 2.11 bits per heavy atom. The first-order chi connectivity index (χ1) is 8.63. The van der Waals surface area contributed by atoms with E-state index in [2.05, 4.69) is 19.2 Å². The van der Waals surface area contributed by atoms with Crippen molar-refractivity contribution in [2.75, 3.05) is 6.54 Å². The van der Waals surface area contributed by atoms with Crippen LogP contribution in [-0.4, -0.2) is 6.54 Å². The van der Waals surface area contributed by atoms with E-state index in [9.17, 15) is 4.39 Å². The Morgan fingerprint density at radius 3 is 2.72 bits per heavy atom. The van der Waals surface area contributed by atoms with E-state index in [1.54, 1.807) is 17.4 Å². The van der Waals surface area contributed by atoms with Gasteiger partial charge < -0.3 is 5.32 Å². The monoisotopic (exact) mass is 263 g/mol. The number of halogens is 1. The fourth-order valence-corrected chi connectivity index (χ4v) is 3.00. The van der Waals surface area contributed by atoms with Gasteiger partial charge >= 0.3 is 0 Å². The van der Waals surface area contributed by atoms with Crippen molar-refractivity contribution >= 4 is 11.3 Å². The molecule has 96 valence electrons. The highest BCUT2D eigenvalue weighted by molar-refractivity contribution is 7.13. The average molecular weight is 263 g/mol. The van der Waals surface area contributed by atoms with Crippen LogP contribution in [0.4, 0.5) is 4.39 Å². The van der Waals surface area contributed by atoms with Gasteiger partial charge in [0.1, 0.15) is 5.82 Å². The van der Waals surface area contributed by atoms with Crippen LogP contribution in [0.2, 0.25) is 0 Å². The van der Waals surface area contributed by atoms with Crippen molar-refractivity contribution in [1.82, 2.24) is 5.32 Å². The van der Waals surface area contributed by atoms with Gasteiger partial charge in [-0.05, 0) is 55.1 Å². The standard InChI is InChI=1S/C15H18FNS/c1-4-17-11(3)12-5-6-14(16)13(9-12)15-10(2)7-8-18-15/h5-9,11,17H,4H2,1-3H3. The lowest BCUT2D eigenvalue weighted by Gasteiger charge is -2.14. The van der Waals surface area contributed by atoms with Crippen molar-refractivity contribution < 1.29 is 4.39 Å². The van der Waals surface area contributed by atoms with Crippen molar-refractivity contribution in [2.45, 2.75) is 26.8 Å². The van der Waals surface area contributed by atoms with Crippen LogP contribution >= 0.6 is 11.3 Å². The molecular formula is C15H18FNS. The number of hydrogen-bond acceptors (Lipinski definition) is 2. The Hall–Kier alpha value is -1.19. The van der Waals surface area contributed by atoms with Gasteiger partial charge in [0.25, 0.3) is 0 Å². The quantitative estimate of drug-likeness (QED) is 0.854. The van der Waals surface area contributed by atoms with Gasteiger partial charge in [0, 0.05) is 16.5 Å². The summed E-state index contributed by atoms with van der Waals surface area (Å²) in [4.78, 5) is 1.03. The molecule has 1 N–H and O–H groups in total. The first kappa shape index (κ1) is 13.2. The molecular weight excluding hydrogens is 245 g/mol. The number of hydrogen-bond donors (Lipinski definition) is 1. The number of thiophene rings is 1. The summed E-state index contributed by atoms with van der Waals surface area (Å²) in [6.07, 6.45) is 0. The molecule has 18 heavy (non-hydrogen) atoms. The number of benzene rings is 1. The fraction of sp³-hybridized carbons (Fsp3) is 0.333. The molecule has 0 bridgehead atoms. The second-order valence-electron chi connectivity index (χ2n) is 4.45. The highest BCUT2D eigenvalue weighted by atomic mass is 32.1. The van der Waals surface area contributed by atoms with Crippen molar-refractivity contribution in [3.8, 4) is 10.4 Å². The molecule has 1 unspecified atom stereocenters. The van der Waals surface area contributed by atoms with Crippen molar-refractivity contribution in [1.29, 1.82) is 0 Å². The van der Waals surface area contributed by atoms with Gasteiger partial charge in [-0.2, -0.15) is 0 Å². The summed E-state index contributed by atoms with van der Waals surface area (Å²) in [5.41, 5.74) is 2.97. The van der Waals surface area contributed by atoms with Crippen LogP contribution in [0.25, 0.3) is 10.4 Å². The van der Waals surface area contributed by atoms with Crippen LogP contribution in [0.3, 0.4) is 0 Å². The molecule has 0 aliphatic rings. The zero-order chi connectivity index (χ0) is 13.1. The summed E-state index contributed by atoms with van der Waals surface area (Å²) in [6, 6.07) is 7.66. The molecule has 1 atom stereocenters. The second-order valence-corrected chi connectivity index (χ2v) is 5.37. The fourth-order valence-electron chi connectivity index (χ4n) is 2.06. The van der Waals surface area contributed by atoms with Gasteiger partial charge in [0.15, 0.2) is 0 Å². The van der Waals surface area contributed by atoms with Crippen molar-refractivity contribution in [3.63, 3.8) is 0 Å². The molecule has 0 radical (unpaired) electrons. The third-order valence-corrected chi connectivity index (χ3v) is 4.16. The van der Waals surface area contributed by atoms with E-state index in [0.717, 1.165) is 22.5 Å². The first-order valence-corrected chi connectivity index (χ1v) is 7.08. The summed E-state index contributed by atoms with van der Waals surface area (Å²) in [7, 11) is 0. The van der Waals surface area contributed by atoms with Crippen LogP contribution in [0.5, 0.6) is 0 Å². The van der Waals surface area contributed by atoms with Crippen LogP contribution in [0, 0.1) is 12.7 Å². The molecule has 1 nitrogen and oxygen atoms in total. The van der Waals surface area contributed by atoms with Crippen molar-refractivity contribution in [2.24, 2.45) is 0 Å². The van der Waals surface area contributed by atoms with Crippen molar-refractivity contribution in [3.05, 3.63) is 46.6 Å². The molecule has 0 spiro atoms. The zero-order valence-electron chi connectivity index (χ0n) is 11.0. The molecule has 1 heterocycles. The largest absolute Gasteiger partial charge is 0.310 e. The van der Waals surface area contributed by atoms with E-state index in [0.29, 0.717) is 5.56 Å². The second kappa shape index (κ2) is 5.63. The summed E-state index contributed by atoms with van der Waals surface area (Å²) in [5.74, 6) is -0.145. The number of rotatable bonds is 4. The zero-order valence-corrected chi connectivity index (χ0v) is 11.8. The highest BCUT2D eigenvalue weighted by Crippen LogP contribution is 2.32. The van der Waals surface area contributed by atoms with E-state index >= 15 is 0 Å². The molecule has 0 aliphatic carbocycles. The maximum absolute atomic E-state index is 13.9. The van der Waals surface area contributed by atoms with Gasteiger partial charge in [-0.3, -0.25) is 0 Å². The molecule has 1 aromatic carbocycles. The molecule has 0 saturated carbocycles. The molecule has 2 rings (SSSR count). The minimum Gasteiger partial charge on any atom is -0.310 e. The van der Waals surface area contributed by atoms with E-state index < -0.39 is 0 Å². The van der Waals surface area contributed by atoms with Gasteiger partial charge in [-0.15, -0.1) is 11.3 Å². The first-order valence-electron chi connectivity index (χ1n) is 6.20. The van der Waals surface area contributed by atoms with Crippen LogP contribution in [0.1, 0.15) is 31.0 Å². The minimum absolute atomic E-state index is 0.145.